The summed E-state index contributed by atoms with van der Waals surface area (Å²) in [6, 6.07) is 13.1. The topological polar surface area (TPSA) is 12.9 Å². The van der Waals surface area contributed by atoms with Crippen LogP contribution in [0.2, 0.25) is 0 Å². The summed E-state index contributed by atoms with van der Waals surface area (Å²) < 4.78 is 1.25. The molecule has 0 saturated carbocycles. The maximum absolute atomic E-state index is 4.78. The fourth-order valence-corrected chi connectivity index (χ4v) is 3.10. The highest BCUT2D eigenvalue weighted by atomic mass is 32.1. The number of aromatic nitrogens is 1. The van der Waals surface area contributed by atoms with Crippen LogP contribution in [0.15, 0.2) is 41.8 Å². The minimum Gasteiger partial charge on any atom is -0.247 e. The van der Waals surface area contributed by atoms with Gasteiger partial charge in [0.05, 0.1) is 15.9 Å². The van der Waals surface area contributed by atoms with Crippen LogP contribution in [-0.2, 0) is 5.41 Å². The average Bonchev–Trinajstić information content (AvgIpc) is 2.84. The second-order valence-electron chi connectivity index (χ2n) is 6.34. The Morgan fingerprint density at radius 2 is 1.80 bits per heavy atom. The largest absolute Gasteiger partial charge is 0.247 e. The van der Waals surface area contributed by atoms with Crippen molar-refractivity contribution in [1.82, 2.24) is 4.98 Å². The molecule has 0 aliphatic carbocycles. The molecule has 0 radical (unpaired) electrons. The van der Waals surface area contributed by atoms with Gasteiger partial charge in [0, 0.05) is 5.56 Å². The van der Waals surface area contributed by atoms with Gasteiger partial charge in [-0.1, -0.05) is 32.4 Å². The third-order valence-corrected chi connectivity index (χ3v) is 4.42. The zero-order chi connectivity index (χ0) is 14.3. The first-order valence-electron chi connectivity index (χ1n) is 6.90. The summed E-state index contributed by atoms with van der Waals surface area (Å²) in [6.45, 7) is 8.91. The van der Waals surface area contributed by atoms with E-state index in [2.05, 4.69) is 69.5 Å². The van der Waals surface area contributed by atoms with Crippen LogP contribution in [0.3, 0.4) is 0 Å². The van der Waals surface area contributed by atoms with Crippen LogP contribution in [0.1, 0.15) is 31.9 Å². The molecule has 0 aliphatic heterocycles. The van der Waals surface area contributed by atoms with Crippen molar-refractivity contribution in [3.05, 3.63) is 52.9 Å². The van der Waals surface area contributed by atoms with Crippen LogP contribution in [-0.4, -0.2) is 4.98 Å². The number of aryl methyl sites for hydroxylation is 1. The first kappa shape index (κ1) is 13.3. The number of rotatable bonds is 1. The molecule has 0 unspecified atom stereocenters. The van der Waals surface area contributed by atoms with Crippen molar-refractivity contribution in [2.75, 3.05) is 0 Å². The van der Waals surface area contributed by atoms with Crippen LogP contribution >= 0.6 is 11.3 Å². The molecule has 20 heavy (non-hydrogen) atoms. The van der Waals surface area contributed by atoms with Crippen LogP contribution in [0.25, 0.3) is 21.5 Å². The molecular formula is C18H19NS. The summed E-state index contributed by atoms with van der Waals surface area (Å²) in [5, 5.41) is 2.10. The summed E-state index contributed by atoms with van der Waals surface area (Å²) in [7, 11) is 0. The van der Waals surface area contributed by atoms with Gasteiger partial charge in [-0.25, -0.2) is 4.98 Å². The van der Waals surface area contributed by atoms with Crippen LogP contribution in [0, 0.1) is 6.92 Å². The Balaban J connectivity index is 2.15. The van der Waals surface area contributed by atoms with Crippen molar-refractivity contribution in [2.24, 2.45) is 0 Å². The van der Waals surface area contributed by atoms with Crippen molar-refractivity contribution in [1.29, 1.82) is 0 Å². The lowest BCUT2D eigenvalue weighted by Gasteiger charge is -2.20. The first-order valence-corrected chi connectivity index (χ1v) is 7.78. The van der Waals surface area contributed by atoms with Gasteiger partial charge in [-0.05, 0) is 53.6 Å². The second kappa shape index (κ2) is 4.71. The van der Waals surface area contributed by atoms with E-state index < -0.39 is 0 Å². The lowest BCUT2D eigenvalue weighted by atomic mass is 9.85. The molecule has 0 N–H and O–H groups in total. The second-order valence-corrected chi connectivity index (χ2v) is 7.29. The molecule has 0 saturated heterocycles. The van der Waals surface area contributed by atoms with E-state index in [1.54, 1.807) is 11.3 Å². The molecule has 0 aliphatic rings. The van der Waals surface area contributed by atoms with Gasteiger partial charge in [0.25, 0.3) is 0 Å². The Hall–Kier alpha value is -1.67. The van der Waals surface area contributed by atoms with E-state index in [9.17, 15) is 0 Å². The third kappa shape index (κ3) is 2.48. The summed E-state index contributed by atoms with van der Waals surface area (Å²) in [4.78, 5) is 4.78. The van der Waals surface area contributed by atoms with Crippen LogP contribution < -0.4 is 0 Å². The van der Waals surface area contributed by atoms with E-state index in [1.807, 2.05) is 0 Å². The molecule has 1 nitrogen and oxygen atoms in total. The maximum atomic E-state index is 4.78. The molecule has 0 bridgehead atoms. The van der Waals surface area contributed by atoms with Gasteiger partial charge >= 0.3 is 0 Å². The number of nitrogens with zero attached hydrogens (tertiary/aromatic N) is 1. The van der Waals surface area contributed by atoms with Crippen molar-refractivity contribution in [3.63, 3.8) is 0 Å². The summed E-state index contributed by atoms with van der Waals surface area (Å²) in [6.07, 6.45) is 0. The van der Waals surface area contributed by atoms with Gasteiger partial charge < -0.3 is 0 Å². The van der Waals surface area contributed by atoms with Gasteiger partial charge in [0.15, 0.2) is 0 Å². The summed E-state index contributed by atoms with van der Waals surface area (Å²) >= 11 is 1.74. The van der Waals surface area contributed by atoms with Gasteiger partial charge in [-0.2, -0.15) is 0 Å². The van der Waals surface area contributed by atoms with E-state index >= 15 is 0 Å². The Kier molecular flexibility index (Phi) is 3.14. The van der Waals surface area contributed by atoms with E-state index in [0.717, 1.165) is 11.2 Å². The summed E-state index contributed by atoms with van der Waals surface area (Å²) in [5.74, 6) is 0. The van der Waals surface area contributed by atoms with Gasteiger partial charge in [-0.15, -0.1) is 11.3 Å². The Labute approximate surface area is 124 Å². The minimum atomic E-state index is 0.160. The zero-order valence-corrected chi connectivity index (χ0v) is 13.2. The molecule has 3 aromatic rings. The first-order chi connectivity index (χ1) is 9.43. The third-order valence-electron chi connectivity index (χ3n) is 3.55. The zero-order valence-electron chi connectivity index (χ0n) is 12.4. The van der Waals surface area contributed by atoms with E-state index in [4.69, 9.17) is 4.98 Å². The number of hydrogen-bond donors (Lipinski definition) is 0. The monoisotopic (exact) mass is 281 g/mol. The molecule has 2 aromatic heterocycles. The molecule has 0 fully saturated rings. The van der Waals surface area contributed by atoms with Crippen molar-refractivity contribution < 1.29 is 0 Å². The highest BCUT2D eigenvalue weighted by Gasteiger charge is 2.15. The maximum Gasteiger partial charge on any atom is 0.0817 e. The number of thiophene rings is 1. The molecular weight excluding hydrogens is 262 g/mol. The lowest BCUT2D eigenvalue weighted by Crippen LogP contribution is -2.11. The highest BCUT2D eigenvalue weighted by Crippen LogP contribution is 2.30. The number of hydrogen-bond acceptors (Lipinski definition) is 2. The fraction of sp³-hybridized carbons (Fsp3) is 0.278. The number of pyridine rings is 1. The van der Waals surface area contributed by atoms with Crippen LogP contribution in [0.5, 0.6) is 0 Å². The average molecular weight is 281 g/mol. The summed E-state index contributed by atoms with van der Waals surface area (Å²) in [5.41, 5.74) is 6.17. The molecule has 1 aromatic carbocycles. The quantitative estimate of drug-likeness (QED) is 0.568. The highest BCUT2D eigenvalue weighted by molar-refractivity contribution is 7.17. The minimum absolute atomic E-state index is 0.160. The SMILES string of the molecule is Cc1cc(-c2ccc3sccc3n2)cc(C(C)(C)C)c1. The Morgan fingerprint density at radius 3 is 2.55 bits per heavy atom. The lowest BCUT2D eigenvalue weighted by molar-refractivity contribution is 0.590. The Morgan fingerprint density at radius 1 is 1.00 bits per heavy atom. The predicted molar refractivity (Wildman–Crippen MR) is 88.5 cm³/mol. The number of benzene rings is 1. The normalized spacial score (nSPS) is 12.0. The predicted octanol–water partition coefficient (Wildman–Crippen LogP) is 5.57. The molecule has 2 heteroatoms. The number of fused-ring (bicyclic) bond motifs is 1. The van der Waals surface area contributed by atoms with Crippen molar-refractivity contribution in [3.8, 4) is 11.3 Å². The molecule has 0 amide bonds. The van der Waals surface area contributed by atoms with Gasteiger partial charge in [-0.3, -0.25) is 0 Å². The van der Waals surface area contributed by atoms with Crippen molar-refractivity contribution in [2.45, 2.75) is 33.1 Å². The van der Waals surface area contributed by atoms with Crippen LogP contribution in [0.4, 0.5) is 0 Å². The molecule has 0 atom stereocenters. The molecule has 2 heterocycles. The molecule has 0 spiro atoms. The van der Waals surface area contributed by atoms with Crippen molar-refractivity contribution >= 4 is 21.6 Å². The van der Waals surface area contributed by atoms with Gasteiger partial charge in [0.1, 0.15) is 0 Å². The molecule has 102 valence electrons. The smallest absolute Gasteiger partial charge is 0.0817 e. The van der Waals surface area contributed by atoms with Gasteiger partial charge in [0.2, 0.25) is 0 Å². The van der Waals surface area contributed by atoms with E-state index in [-0.39, 0.29) is 5.41 Å². The Bertz CT molecular complexity index is 762. The fourth-order valence-electron chi connectivity index (χ4n) is 2.38. The standard InChI is InChI=1S/C18H19NS/c1-12-9-13(11-14(10-12)18(2,3)4)15-5-6-17-16(19-15)7-8-20-17/h5-11H,1-4H3. The molecule has 3 rings (SSSR count). The van der Waals surface area contributed by atoms with E-state index in [0.29, 0.717) is 0 Å². The van der Waals surface area contributed by atoms with E-state index in [1.165, 1.54) is 21.4 Å².